The van der Waals surface area contributed by atoms with Crippen molar-refractivity contribution < 1.29 is 26.3 Å². The van der Waals surface area contributed by atoms with E-state index in [9.17, 15) is 26.3 Å². The van der Waals surface area contributed by atoms with Crippen LogP contribution in [0.3, 0.4) is 0 Å². The molecule has 0 spiro atoms. The first kappa shape index (κ1) is 19.8. The first-order valence-electron chi connectivity index (χ1n) is 7.75. The summed E-state index contributed by atoms with van der Waals surface area (Å²) >= 11 is 4.32. The molecule has 28 heavy (non-hydrogen) atoms. The third-order valence-electron chi connectivity index (χ3n) is 4.00. The molecule has 0 saturated carbocycles. The zero-order valence-corrected chi connectivity index (χ0v) is 14.6. The van der Waals surface area contributed by atoms with E-state index in [2.05, 4.69) is 17.2 Å². The van der Waals surface area contributed by atoms with Crippen LogP contribution >= 0.6 is 12.2 Å². The molecule has 0 amide bonds. The van der Waals surface area contributed by atoms with Crippen molar-refractivity contribution in [1.82, 2.24) is 0 Å². The van der Waals surface area contributed by atoms with Crippen molar-refractivity contribution in [3.05, 3.63) is 77.6 Å². The highest BCUT2D eigenvalue weighted by Crippen LogP contribution is 2.34. The van der Waals surface area contributed by atoms with Crippen LogP contribution in [0.5, 0.6) is 0 Å². The second-order valence-corrected chi connectivity index (χ2v) is 5.94. The van der Waals surface area contributed by atoms with Crippen molar-refractivity contribution in [3.8, 4) is 22.3 Å². The summed E-state index contributed by atoms with van der Waals surface area (Å²) in [5.41, 5.74) is -0.903. The largest absolute Gasteiger partial charge is 0.416 e. The van der Waals surface area contributed by atoms with Gasteiger partial charge in [0.05, 0.1) is 10.7 Å². The van der Waals surface area contributed by atoms with Gasteiger partial charge in [-0.25, -0.2) is 13.2 Å². The Morgan fingerprint density at radius 2 is 1.25 bits per heavy atom. The van der Waals surface area contributed by atoms with Crippen LogP contribution in [-0.4, -0.2) is 5.16 Å². The number of alkyl halides is 3. The van der Waals surface area contributed by atoms with Crippen molar-refractivity contribution in [2.75, 3.05) is 0 Å². The van der Waals surface area contributed by atoms with Crippen LogP contribution in [0.2, 0.25) is 0 Å². The van der Waals surface area contributed by atoms with Crippen LogP contribution in [0, 0.1) is 17.5 Å². The van der Waals surface area contributed by atoms with Gasteiger partial charge in [0.25, 0.3) is 0 Å². The van der Waals surface area contributed by atoms with Crippen LogP contribution in [0.25, 0.3) is 22.3 Å². The zero-order chi connectivity index (χ0) is 20.5. The molecule has 0 atom stereocenters. The minimum atomic E-state index is -4.47. The molecule has 0 unspecified atom stereocenters. The van der Waals surface area contributed by atoms with Gasteiger partial charge in [-0.05, 0) is 59.2 Å². The Balaban J connectivity index is 1.98. The number of benzene rings is 3. The van der Waals surface area contributed by atoms with Crippen LogP contribution in [0.4, 0.5) is 32.0 Å². The third-order valence-corrected chi connectivity index (χ3v) is 4.09. The molecule has 8 heteroatoms. The molecule has 3 rings (SSSR count). The average Bonchev–Trinajstić information content (AvgIpc) is 2.64. The lowest BCUT2D eigenvalue weighted by molar-refractivity contribution is -0.137. The summed E-state index contributed by atoms with van der Waals surface area (Å²) in [6.07, 6.45) is -4.47. The lowest BCUT2D eigenvalue weighted by Gasteiger charge is -2.10. The van der Waals surface area contributed by atoms with Gasteiger partial charge >= 0.3 is 6.18 Å². The minimum absolute atomic E-state index is 0.0604. The number of thiocarbonyl (C=S) groups is 1. The first-order chi connectivity index (χ1) is 13.2. The molecule has 0 saturated heterocycles. The molecule has 0 aliphatic carbocycles. The molecule has 0 heterocycles. The monoisotopic (exact) mass is 409 g/mol. The van der Waals surface area contributed by atoms with Crippen molar-refractivity contribution in [1.29, 1.82) is 0 Å². The molecule has 3 aromatic carbocycles. The third kappa shape index (κ3) is 3.98. The molecule has 3 aromatic rings. The number of halogens is 6. The highest BCUT2D eigenvalue weighted by molar-refractivity contribution is 7.78. The molecule has 0 radical (unpaired) electrons. The highest BCUT2D eigenvalue weighted by Gasteiger charge is 2.30. The molecular weight excluding hydrogens is 400 g/mol. The molecule has 1 nitrogen and oxygen atoms in total. The van der Waals surface area contributed by atoms with Gasteiger partial charge in [0, 0.05) is 5.56 Å². The minimum Gasteiger partial charge on any atom is -0.206 e. The van der Waals surface area contributed by atoms with E-state index in [4.69, 9.17) is 0 Å². The number of isothiocyanates is 1. The van der Waals surface area contributed by atoms with Crippen molar-refractivity contribution in [2.24, 2.45) is 4.99 Å². The quantitative estimate of drug-likeness (QED) is 0.253. The maximum absolute atomic E-state index is 14.5. The normalized spacial score (nSPS) is 11.2. The summed E-state index contributed by atoms with van der Waals surface area (Å²) in [6.45, 7) is 0. The second kappa shape index (κ2) is 7.58. The maximum Gasteiger partial charge on any atom is 0.416 e. The second-order valence-electron chi connectivity index (χ2n) is 5.76. The standard InChI is InChI=1S/C20H9F6NS/c21-16-7-12(11-1-4-14(5-2-11)20(24,25)26)3-6-15(16)13-8-17(22)19(27-10-28)18(23)9-13/h1-9H. The van der Waals surface area contributed by atoms with E-state index in [1.165, 1.54) is 24.3 Å². The fourth-order valence-corrected chi connectivity index (χ4v) is 2.75. The summed E-state index contributed by atoms with van der Waals surface area (Å²) in [5, 5.41) is 1.86. The van der Waals surface area contributed by atoms with Gasteiger partial charge in [0.15, 0.2) is 11.6 Å². The van der Waals surface area contributed by atoms with E-state index in [1.54, 1.807) is 0 Å². The molecule has 0 N–H and O–H groups in total. The molecule has 0 aliphatic heterocycles. The van der Waals surface area contributed by atoms with Crippen LogP contribution in [0.1, 0.15) is 5.56 Å². The van der Waals surface area contributed by atoms with E-state index < -0.39 is 34.9 Å². The van der Waals surface area contributed by atoms with E-state index in [0.717, 1.165) is 30.3 Å². The van der Waals surface area contributed by atoms with E-state index in [0.29, 0.717) is 11.1 Å². The first-order valence-corrected chi connectivity index (χ1v) is 8.16. The Kier molecular flexibility index (Phi) is 5.36. The van der Waals surface area contributed by atoms with Gasteiger partial charge in [-0.15, -0.1) is 0 Å². The lowest BCUT2D eigenvalue weighted by Crippen LogP contribution is -2.04. The summed E-state index contributed by atoms with van der Waals surface area (Å²) in [7, 11) is 0. The Morgan fingerprint density at radius 1 is 0.714 bits per heavy atom. The molecule has 0 aliphatic rings. The summed E-state index contributed by atoms with van der Waals surface area (Å²) in [5.74, 6) is -2.85. The number of hydrogen-bond acceptors (Lipinski definition) is 2. The molecule has 0 fully saturated rings. The number of hydrogen-bond donors (Lipinski definition) is 0. The molecule has 0 aromatic heterocycles. The Morgan fingerprint density at radius 3 is 1.75 bits per heavy atom. The number of rotatable bonds is 3. The van der Waals surface area contributed by atoms with Gasteiger partial charge in [0.1, 0.15) is 11.5 Å². The van der Waals surface area contributed by atoms with Crippen molar-refractivity contribution in [2.45, 2.75) is 6.18 Å². The van der Waals surface area contributed by atoms with E-state index in [1.807, 2.05) is 5.16 Å². The summed E-state index contributed by atoms with van der Waals surface area (Å²) in [4.78, 5) is 3.28. The van der Waals surface area contributed by atoms with E-state index >= 15 is 0 Å². The SMILES string of the molecule is Fc1cc(-c2ccc(C(F)(F)F)cc2)ccc1-c1cc(F)c(N=C=S)c(F)c1. The average molecular weight is 409 g/mol. The Hall–Kier alpha value is -2.96. The van der Waals surface area contributed by atoms with Gasteiger partial charge in [-0.1, -0.05) is 24.3 Å². The summed E-state index contributed by atoms with van der Waals surface area (Å²) in [6, 6.07) is 9.84. The fourth-order valence-electron chi connectivity index (χ4n) is 2.65. The van der Waals surface area contributed by atoms with Crippen LogP contribution < -0.4 is 0 Å². The smallest absolute Gasteiger partial charge is 0.206 e. The van der Waals surface area contributed by atoms with Crippen LogP contribution in [-0.2, 0) is 6.18 Å². The topological polar surface area (TPSA) is 12.4 Å². The van der Waals surface area contributed by atoms with Crippen molar-refractivity contribution >= 4 is 23.1 Å². The van der Waals surface area contributed by atoms with Gasteiger partial charge < -0.3 is 0 Å². The predicted molar refractivity (Wildman–Crippen MR) is 96.9 cm³/mol. The number of nitrogens with zero attached hydrogens (tertiary/aromatic N) is 1. The van der Waals surface area contributed by atoms with Gasteiger partial charge in [0.2, 0.25) is 0 Å². The van der Waals surface area contributed by atoms with E-state index in [-0.39, 0.29) is 11.1 Å². The zero-order valence-electron chi connectivity index (χ0n) is 13.8. The Labute approximate surface area is 161 Å². The molecule has 0 bridgehead atoms. The van der Waals surface area contributed by atoms with Crippen molar-refractivity contribution in [3.63, 3.8) is 0 Å². The van der Waals surface area contributed by atoms with Gasteiger partial charge in [-0.2, -0.15) is 18.2 Å². The fraction of sp³-hybridized carbons (Fsp3) is 0.0500. The summed E-state index contributed by atoms with van der Waals surface area (Å²) < 4.78 is 80.3. The molecule has 142 valence electrons. The molecular formula is C20H9F6NS. The highest BCUT2D eigenvalue weighted by atomic mass is 32.1. The van der Waals surface area contributed by atoms with Crippen LogP contribution in [0.15, 0.2) is 59.6 Å². The Bertz CT molecular complexity index is 1060. The van der Waals surface area contributed by atoms with Gasteiger partial charge in [-0.3, -0.25) is 0 Å². The number of aliphatic imine (C=N–C) groups is 1. The lowest BCUT2D eigenvalue weighted by atomic mass is 9.98. The predicted octanol–water partition coefficient (Wildman–Crippen LogP) is 7.19. The maximum atomic E-state index is 14.5.